The van der Waals surface area contributed by atoms with E-state index in [1.54, 1.807) is 0 Å². The van der Waals surface area contributed by atoms with Crippen LogP contribution in [0, 0.1) is 0 Å². The van der Waals surface area contributed by atoms with Crippen LogP contribution in [0.4, 0.5) is 0 Å². The summed E-state index contributed by atoms with van der Waals surface area (Å²) in [5, 5.41) is 0. The molecule has 23 heavy (non-hydrogen) atoms. The van der Waals surface area contributed by atoms with E-state index in [0.29, 0.717) is 19.8 Å². The Morgan fingerprint density at radius 2 is 1.61 bits per heavy atom. The molecule has 2 aromatic carbocycles. The van der Waals surface area contributed by atoms with Gasteiger partial charge in [0.15, 0.2) is 5.79 Å². The average molecular weight is 314 g/mol. The van der Waals surface area contributed by atoms with E-state index < -0.39 is 5.79 Å². The van der Waals surface area contributed by atoms with Crippen LogP contribution in [0.3, 0.4) is 0 Å². The van der Waals surface area contributed by atoms with E-state index in [1.807, 2.05) is 68.4 Å². The van der Waals surface area contributed by atoms with Gasteiger partial charge in [0.05, 0.1) is 6.61 Å². The molecule has 3 rings (SSSR count). The molecule has 1 heterocycles. The molecule has 1 atom stereocenters. The molecule has 1 aliphatic heterocycles. The summed E-state index contributed by atoms with van der Waals surface area (Å²) >= 11 is 0. The summed E-state index contributed by atoms with van der Waals surface area (Å²) in [6, 6.07) is 17.7. The van der Waals surface area contributed by atoms with Crippen LogP contribution in [0.5, 0.6) is 11.5 Å². The predicted molar refractivity (Wildman–Crippen MR) is 87.6 cm³/mol. The van der Waals surface area contributed by atoms with Gasteiger partial charge in [0.25, 0.3) is 0 Å². The fraction of sp³-hybridized carbons (Fsp3) is 0.368. The Labute approximate surface area is 136 Å². The SMILES string of the molecule is CC1(C)OC[C@@H](COc2ccc(OCc3ccccc3)cc2)O1. The maximum atomic E-state index is 5.75. The Morgan fingerprint density at radius 3 is 2.22 bits per heavy atom. The second-order valence-corrected chi connectivity index (χ2v) is 6.01. The van der Waals surface area contributed by atoms with Gasteiger partial charge in [-0.1, -0.05) is 30.3 Å². The zero-order valence-corrected chi connectivity index (χ0v) is 13.5. The molecule has 1 fully saturated rings. The molecular formula is C19H22O4. The topological polar surface area (TPSA) is 36.9 Å². The van der Waals surface area contributed by atoms with Crippen molar-refractivity contribution in [3.05, 3.63) is 60.2 Å². The number of ether oxygens (including phenoxy) is 4. The van der Waals surface area contributed by atoms with E-state index in [2.05, 4.69) is 0 Å². The highest BCUT2D eigenvalue weighted by Crippen LogP contribution is 2.24. The van der Waals surface area contributed by atoms with Crippen LogP contribution in [0.25, 0.3) is 0 Å². The molecule has 122 valence electrons. The summed E-state index contributed by atoms with van der Waals surface area (Å²) < 4.78 is 22.7. The molecule has 0 saturated carbocycles. The molecular weight excluding hydrogens is 292 g/mol. The lowest BCUT2D eigenvalue weighted by molar-refractivity contribution is -0.141. The second kappa shape index (κ2) is 7.02. The average Bonchev–Trinajstić information content (AvgIpc) is 2.92. The molecule has 0 unspecified atom stereocenters. The van der Waals surface area contributed by atoms with Crippen molar-refractivity contribution in [1.29, 1.82) is 0 Å². The Balaban J connectivity index is 1.46. The van der Waals surface area contributed by atoms with Gasteiger partial charge in [-0.2, -0.15) is 0 Å². The number of rotatable bonds is 6. The van der Waals surface area contributed by atoms with Gasteiger partial charge in [0.1, 0.15) is 30.8 Å². The van der Waals surface area contributed by atoms with Crippen LogP contribution in [0.1, 0.15) is 19.4 Å². The van der Waals surface area contributed by atoms with Crippen LogP contribution in [-0.4, -0.2) is 25.1 Å². The summed E-state index contributed by atoms with van der Waals surface area (Å²) in [5.41, 5.74) is 1.15. The lowest BCUT2D eigenvalue weighted by atomic mass is 10.2. The Hall–Kier alpha value is -2.04. The van der Waals surface area contributed by atoms with Gasteiger partial charge < -0.3 is 18.9 Å². The van der Waals surface area contributed by atoms with E-state index in [-0.39, 0.29) is 6.10 Å². The van der Waals surface area contributed by atoms with Crippen LogP contribution in [0.15, 0.2) is 54.6 Å². The van der Waals surface area contributed by atoms with Crippen molar-refractivity contribution < 1.29 is 18.9 Å². The Bertz CT molecular complexity index is 607. The standard InChI is InChI=1S/C19H22O4/c1-19(2)22-14-18(23-19)13-21-17-10-8-16(9-11-17)20-12-15-6-4-3-5-7-15/h3-11,18H,12-14H2,1-2H3/t18-/m1/s1. The zero-order chi connectivity index (χ0) is 16.1. The summed E-state index contributed by atoms with van der Waals surface area (Å²) in [6.45, 7) is 5.42. The minimum absolute atomic E-state index is 0.0287. The van der Waals surface area contributed by atoms with Crippen LogP contribution in [0.2, 0.25) is 0 Å². The lowest BCUT2D eigenvalue weighted by Gasteiger charge is -2.17. The molecule has 0 amide bonds. The summed E-state index contributed by atoms with van der Waals surface area (Å²) in [5.74, 6) is 1.11. The van der Waals surface area contributed by atoms with E-state index >= 15 is 0 Å². The van der Waals surface area contributed by atoms with Crippen LogP contribution < -0.4 is 9.47 Å². The maximum Gasteiger partial charge on any atom is 0.163 e. The highest BCUT2D eigenvalue weighted by atomic mass is 16.7. The van der Waals surface area contributed by atoms with Crippen molar-refractivity contribution >= 4 is 0 Å². The van der Waals surface area contributed by atoms with E-state index in [1.165, 1.54) is 0 Å². The van der Waals surface area contributed by atoms with Gasteiger partial charge in [-0.05, 0) is 43.7 Å². The van der Waals surface area contributed by atoms with Crippen molar-refractivity contribution in [2.45, 2.75) is 32.3 Å². The van der Waals surface area contributed by atoms with E-state index in [9.17, 15) is 0 Å². The summed E-state index contributed by atoms with van der Waals surface area (Å²) in [4.78, 5) is 0. The van der Waals surface area contributed by atoms with Gasteiger partial charge in [-0.15, -0.1) is 0 Å². The first kappa shape index (κ1) is 15.8. The van der Waals surface area contributed by atoms with Gasteiger partial charge in [0, 0.05) is 0 Å². The molecule has 0 aromatic heterocycles. The monoisotopic (exact) mass is 314 g/mol. The van der Waals surface area contributed by atoms with Gasteiger partial charge in [0.2, 0.25) is 0 Å². The number of hydrogen-bond donors (Lipinski definition) is 0. The molecule has 1 aliphatic rings. The van der Waals surface area contributed by atoms with Crippen LogP contribution >= 0.6 is 0 Å². The minimum atomic E-state index is -0.511. The smallest absolute Gasteiger partial charge is 0.163 e. The second-order valence-electron chi connectivity index (χ2n) is 6.01. The van der Waals surface area contributed by atoms with Crippen LogP contribution in [-0.2, 0) is 16.1 Å². The quantitative estimate of drug-likeness (QED) is 0.813. The number of benzene rings is 2. The third-order valence-electron chi connectivity index (χ3n) is 3.58. The molecule has 2 aromatic rings. The molecule has 0 bridgehead atoms. The zero-order valence-electron chi connectivity index (χ0n) is 13.5. The highest BCUT2D eigenvalue weighted by Gasteiger charge is 2.32. The first-order chi connectivity index (χ1) is 11.1. The Kier molecular flexibility index (Phi) is 4.84. The molecule has 0 radical (unpaired) electrons. The molecule has 0 aliphatic carbocycles. The molecule has 0 N–H and O–H groups in total. The lowest BCUT2D eigenvalue weighted by Crippen LogP contribution is -2.25. The van der Waals surface area contributed by atoms with Crippen molar-refractivity contribution in [1.82, 2.24) is 0 Å². The van der Waals surface area contributed by atoms with Crippen molar-refractivity contribution in [3.8, 4) is 11.5 Å². The minimum Gasteiger partial charge on any atom is -0.491 e. The fourth-order valence-electron chi connectivity index (χ4n) is 2.41. The Morgan fingerprint density at radius 1 is 0.957 bits per heavy atom. The summed E-state index contributed by atoms with van der Waals surface area (Å²) in [6.07, 6.45) is -0.0287. The van der Waals surface area contributed by atoms with Crippen molar-refractivity contribution in [2.75, 3.05) is 13.2 Å². The highest BCUT2D eigenvalue weighted by molar-refractivity contribution is 5.31. The maximum absolute atomic E-state index is 5.75. The summed E-state index contributed by atoms with van der Waals surface area (Å²) in [7, 11) is 0. The fourth-order valence-corrected chi connectivity index (χ4v) is 2.41. The first-order valence-corrected chi connectivity index (χ1v) is 7.82. The third kappa shape index (κ3) is 4.71. The van der Waals surface area contributed by atoms with E-state index in [4.69, 9.17) is 18.9 Å². The predicted octanol–water partition coefficient (Wildman–Crippen LogP) is 3.80. The number of hydrogen-bond acceptors (Lipinski definition) is 4. The molecule has 4 nitrogen and oxygen atoms in total. The largest absolute Gasteiger partial charge is 0.491 e. The van der Waals surface area contributed by atoms with Gasteiger partial charge in [-0.3, -0.25) is 0 Å². The normalized spacial score (nSPS) is 19.5. The molecule has 4 heteroatoms. The molecule has 1 saturated heterocycles. The van der Waals surface area contributed by atoms with Crippen molar-refractivity contribution in [2.24, 2.45) is 0 Å². The first-order valence-electron chi connectivity index (χ1n) is 7.82. The van der Waals surface area contributed by atoms with Crippen molar-refractivity contribution in [3.63, 3.8) is 0 Å². The van der Waals surface area contributed by atoms with Gasteiger partial charge >= 0.3 is 0 Å². The van der Waals surface area contributed by atoms with E-state index in [0.717, 1.165) is 17.1 Å². The molecule has 0 spiro atoms. The van der Waals surface area contributed by atoms with Gasteiger partial charge in [-0.25, -0.2) is 0 Å². The third-order valence-corrected chi connectivity index (χ3v) is 3.58.